The van der Waals surface area contributed by atoms with Gasteiger partial charge in [0.15, 0.2) is 0 Å². The first-order chi connectivity index (χ1) is 12.8. The Morgan fingerprint density at radius 1 is 1.30 bits per heavy atom. The summed E-state index contributed by atoms with van der Waals surface area (Å²) in [7, 11) is 0. The van der Waals surface area contributed by atoms with Gasteiger partial charge < -0.3 is 10.1 Å². The molecule has 0 bridgehead atoms. The van der Waals surface area contributed by atoms with Gasteiger partial charge in [-0.25, -0.2) is 9.97 Å². The predicted octanol–water partition coefficient (Wildman–Crippen LogP) is 4.41. The second-order valence-electron chi connectivity index (χ2n) is 5.93. The second-order valence-corrected chi connectivity index (χ2v) is 6.32. The molecule has 0 fully saturated rings. The van der Waals surface area contributed by atoms with Crippen LogP contribution in [0.5, 0.6) is 5.75 Å². The van der Waals surface area contributed by atoms with Crippen LogP contribution in [-0.2, 0) is 11.0 Å². The van der Waals surface area contributed by atoms with Gasteiger partial charge in [-0.1, -0.05) is 24.2 Å². The summed E-state index contributed by atoms with van der Waals surface area (Å²) in [5.41, 5.74) is 0.279. The van der Waals surface area contributed by atoms with Crippen molar-refractivity contribution in [1.29, 1.82) is 0 Å². The molecule has 2 atom stereocenters. The van der Waals surface area contributed by atoms with Crippen molar-refractivity contribution in [2.45, 2.75) is 31.2 Å². The molecule has 3 rings (SSSR count). The minimum absolute atomic E-state index is 0.189. The zero-order valence-electron chi connectivity index (χ0n) is 14.0. The van der Waals surface area contributed by atoms with Crippen molar-refractivity contribution >= 4 is 17.5 Å². The van der Waals surface area contributed by atoms with E-state index in [1.165, 1.54) is 12.1 Å². The highest BCUT2D eigenvalue weighted by molar-refractivity contribution is 6.29. The van der Waals surface area contributed by atoms with Crippen LogP contribution in [0.3, 0.4) is 0 Å². The summed E-state index contributed by atoms with van der Waals surface area (Å²) < 4.78 is 43.7. The minimum atomic E-state index is -4.51. The molecule has 9 heteroatoms. The lowest BCUT2D eigenvalue weighted by Gasteiger charge is -2.31. The number of rotatable bonds is 4. The van der Waals surface area contributed by atoms with Gasteiger partial charge in [-0.05, 0) is 42.7 Å². The smallest absolute Gasteiger partial charge is 0.433 e. The van der Waals surface area contributed by atoms with E-state index in [0.717, 1.165) is 17.8 Å². The quantitative estimate of drug-likeness (QED) is 0.613. The monoisotopic (exact) mass is 397 g/mol. The lowest BCUT2D eigenvalue weighted by atomic mass is 9.89. The number of fused-ring (bicyclic) bond motifs is 1. The number of halogens is 4. The largest absolute Gasteiger partial charge is 0.482 e. The maximum atomic E-state index is 12.6. The number of hydrogen-bond acceptors (Lipinski definition) is 4. The Morgan fingerprint density at radius 2 is 2.07 bits per heavy atom. The molecule has 0 saturated carbocycles. The SMILES string of the molecule is C=CC(=O)NC1CCC(Oc2ccc(C(F)(F)F)nc2)c2nc(Cl)ccc21. The maximum absolute atomic E-state index is 12.6. The summed E-state index contributed by atoms with van der Waals surface area (Å²) >= 11 is 5.99. The number of hydrogen-bond donors (Lipinski definition) is 1. The van der Waals surface area contributed by atoms with E-state index in [2.05, 4.69) is 21.9 Å². The highest BCUT2D eigenvalue weighted by atomic mass is 35.5. The zero-order chi connectivity index (χ0) is 19.6. The average molecular weight is 398 g/mol. The second kappa shape index (κ2) is 7.56. The van der Waals surface area contributed by atoms with E-state index < -0.39 is 18.0 Å². The third kappa shape index (κ3) is 4.39. The van der Waals surface area contributed by atoms with Gasteiger partial charge in [0, 0.05) is 0 Å². The van der Waals surface area contributed by atoms with Gasteiger partial charge >= 0.3 is 6.18 Å². The summed E-state index contributed by atoms with van der Waals surface area (Å²) in [6.07, 6.45) is -1.77. The number of pyridine rings is 2. The summed E-state index contributed by atoms with van der Waals surface area (Å²) in [6, 6.07) is 5.15. The van der Waals surface area contributed by atoms with E-state index in [4.69, 9.17) is 16.3 Å². The molecule has 0 aliphatic heterocycles. The van der Waals surface area contributed by atoms with Gasteiger partial charge in [0.05, 0.1) is 17.9 Å². The Labute approximate surface area is 158 Å². The number of alkyl halides is 3. The van der Waals surface area contributed by atoms with Crippen LogP contribution in [0.25, 0.3) is 0 Å². The highest BCUT2D eigenvalue weighted by Gasteiger charge is 2.33. The third-order valence-corrected chi connectivity index (χ3v) is 4.34. The van der Waals surface area contributed by atoms with Gasteiger partial charge in [-0.2, -0.15) is 13.2 Å². The molecule has 142 valence electrons. The Balaban J connectivity index is 1.84. The number of aromatic nitrogens is 2. The first-order valence-electron chi connectivity index (χ1n) is 8.07. The van der Waals surface area contributed by atoms with Crippen molar-refractivity contribution in [2.75, 3.05) is 0 Å². The third-order valence-electron chi connectivity index (χ3n) is 4.13. The van der Waals surface area contributed by atoms with Gasteiger partial charge in [-0.15, -0.1) is 0 Å². The molecule has 0 saturated heterocycles. The van der Waals surface area contributed by atoms with E-state index in [0.29, 0.717) is 18.5 Å². The minimum Gasteiger partial charge on any atom is -0.482 e. The molecule has 2 unspecified atom stereocenters. The summed E-state index contributed by atoms with van der Waals surface area (Å²) in [5.74, 6) is -0.124. The average Bonchev–Trinajstić information content (AvgIpc) is 2.63. The maximum Gasteiger partial charge on any atom is 0.433 e. The summed E-state index contributed by atoms with van der Waals surface area (Å²) in [4.78, 5) is 19.3. The van der Waals surface area contributed by atoms with Gasteiger partial charge in [-0.3, -0.25) is 4.79 Å². The zero-order valence-corrected chi connectivity index (χ0v) is 14.7. The van der Waals surface area contributed by atoms with Crippen LogP contribution in [0.4, 0.5) is 13.2 Å². The van der Waals surface area contributed by atoms with E-state index >= 15 is 0 Å². The van der Waals surface area contributed by atoms with Gasteiger partial charge in [0.1, 0.15) is 22.7 Å². The summed E-state index contributed by atoms with van der Waals surface area (Å²) in [6.45, 7) is 3.43. The fourth-order valence-corrected chi connectivity index (χ4v) is 3.05. The molecule has 1 amide bonds. The molecule has 1 N–H and O–H groups in total. The Hall–Kier alpha value is -2.61. The Bertz CT molecular complexity index is 856. The molecule has 2 aromatic rings. The number of nitrogens with one attached hydrogen (secondary N) is 1. The Morgan fingerprint density at radius 3 is 2.70 bits per heavy atom. The van der Waals surface area contributed by atoms with E-state index in [-0.39, 0.29) is 22.9 Å². The first kappa shape index (κ1) is 19.2. The normalized spacial score (nSPS) is 19.1. The predicted molar refractivity (Wildman–Crippen MR) is 92.2 cm³/mol. The van der Waals surface area contributed by atoms with Crippen LogP contribution >= 0.6 is 11.6 Å². The van der Waals surface area contributed by atoms with Crippen molar-refractivity contribution < 1.29 is 22.7 Å². The topological polar surface area (TPSA) is 64.1 Å². The molecular formula is C18H15ClF3N3O2. The number of ether oxygens (including phenoxy) is 1. The first-order valence-corrected chi connectivity index (χ1v) is 8.45. The van der Waals surface area contributed by atoms with E-state index in [1.54, 1.807) is 12.1 Å². The number of carbonyl (C=O) groups is 1. The molecule has 0 radical (unpaired) electrons. The summed E-state index contributed by atoms with van der Waals surface area (Å²) in [5, 5.41) is 3.07. The molecule has 27 heavy (non-hydrogen) atoms. The Kier molecular flexibility index (Phi) is 5.36. The number of carbonyl (C=O) groups excluding carboxylic acids is 1. The molecular weight excluding hydrogens is 383 g/mol. The lowest BCUT2D eigenvalue weighted by molar-refractivity contribution is -0.141. The van der Waals surface area contributed by atoms with Crippen LogP contribution in [0.15, 0.2) is 43.1 Å². The van der Waals surface area contributed by atoms with E-state index in [9.17, 15) is 18.0 Å². The van der Waals surface area contributed by atoms with E-state index in [1.807, 2.05) is 0 Å². The molecule has 0 aromatic carbocycles. The van der Waals surface area contributed by atoms with Crippen molar-refractivity contribution in [3.63, 3.8) is 0 Å². The molecule has 0 spiro atoms. The molecule has 2 aromatic heterocycles. The fraction of sp³-hybridized carbons (Fsp3) is 0.278. The van der Waals surface area contributed by atoms with Crippen LogP contribution in [0.1, 0.15) is 41.9 Å². The van der Waals surface area contributed by atoms with Crippen LogP contribution in [0.2, 0.25) is 5.15 Å². The molecule has 2 heterocycles. The molecule has 1 aliphatic rings. The van der Waals surface area contributed by atoms with Crippen molar-refractivity contribution in [1.82, 2.24) is 15.3 Å². The standard InChI is InChI=1S/C18H15ClF3N3O2/c1-2-16(26)24-12-5-6-13(17-11(12)4-8-15(19)25-17)27-10-3-7-14(23-9-10)18(20,21)22/h2-4,7-9,12-13H,1,5-6H2,(H,24,26). The van der Waals surface area contributed by atoms with Crippen molar-refractivity contribution in [3.8, 4) is 5.75 Å². The molecule has 1 aliphatic carbocycles. The lowest BCUT2D eigenvalue weighted by Crippen LogP contribution is -2.32. The van der Waals surface area contributed by atoms with Gasteiger partial charge in [0.25, 0.3) is 0 Å². The van der Waals surface area contributed by atoms with Crippen molar-refractivity contribution in [2.24, 2.45) is 0 Å². The van der Waals surface area contributed by atoms with Crippen LogP contribution in [0, 0.1) is 0 Å². The van der Waals surface area contributed by atoms with Gasteiger partial charge in [0.2, 0.25) is 5.91 Å². The highest BCUT2D eigenvalue weighted by Crippen LogP contribution is 2.38. The van der Waals surface area contributed by atoms with Crippen molar-refractivity contribution in [3.05, 3.63) is 65.2 Å². The van der Waals surface area contributed by atoms with Crippen LogP contribution in [-0.4, -0.2) is 15.9 Å². The number of nitrogens with zero attached hydrogens (tertiary/aromatic N) is 2. The fourth-order valence-electron chi connectivity index (χ4n) is 2.90. The number of amides is 1. The molecule has 5 nitrogen and oxygen atoms in total. The van der Waals surface area contributed by atoms with Crippen LogP contribution < -0.4 is 10.1 Å².